The lowest BCUT2D eigenvalue weighted by Crippen LogP contribution is -2.41. The van der Waals surface area contributed by atoms with Crippen molar-refractivity contribution >= 4 is 11.6 Å². The maximum atomic E-state index is 12.5. The van der Waals surface area contributed by atoms with E-state index in [1.165, 1.54) is 16.7 Å². The number of aryl methyl sites for hydroxylation is 3. The monoisotopic (exact) mass is 260 g/mol. The minimum absolute atomic E-state index is 0.0277. The van der Waals surface area contributed by atoms with Crippen LogP contribution in [0.3, 0.4) is 0 Å². The molecule has 1 aliphatic rings. The molecular formula is C16H24N2O. The molecule has 1 aromatic rings. The highest BCUT2D eigenvalue weighted by atomic mass is 16.2. The van der Waals surface area contributed by atoms with Crippen LogP contribution in [0, 0.1) is 20.8 Å². The molecule has 1 atom stereocenters. The van der Waals surface area contributed by atoms with E-state index in [9.17, 15) is 4.79 Å². The smallest absolute Gasteiger partial charge is 0.244 e. The van der Waals surface area contributed by atoms with E-state index in [4.69, 9.17) is 0 Å². The Labute approximate surface area is 116 Å². The molecule has 1 heterocycles. The van der Waals surface area contributed by atoms with E-state index in [1.807, 2.05) is 4.90 Å². The van der Waals surface area contributed by atoms with Gasteiger partial charge in [-0.3, -0.25) is 4.79 Å². The van der Waals surface area contributed by atoms with Crippen LogP contribution in [-0.4, -0.2) is 24.5 Å². The fourth-order valence-corrected chi connectivity index (χ4v) is 3.06. The van der Waals surface area contributed by atoms with Gasteiger partial charge in [0.15, 0.2) is 0 Å². The maximum absolute atomic E-state index is 12.5. The number of benzene rings is 1. The van der Waals surface area contributed by atoms with Crippen molar-refractivity contribution in [1.29, 1.82) is 0 Å². The van der Waals surface area contributed by atoms with Gasteiger partial charge in [0.2, 0.25) is 5.91 Å². The Hall–Kier alpha value is -1.35. The average Bonchev–Trinajstić information content (AvgIpc) is 2.60. The molecule has 0 spiro atoms. The van der Waals surface area contributed by atoms with Gasteiger partial charge in [0.05, 0.1) is 6.04 Å². The Bertz CT molecular complexity index is 471. The van der Waals surface area contributed by atoms with Crippen molar-refractivity contribution in [3.8, 4) is 0 Å². The zero-order valence-corrected chi connectivity index (χ0v) is 12.6. The van der Waals surface area contributed by atoms with Crippen molar-refractivity contribution in [1.82, 2.24) is 5.32 Å². The Morgan fingerprint density at radius 2 is 1.79 bits per heavy atom. The SMILES string of the molecule is Cc1cc(C)c(N2CCC(NC(C)C)C2=O)c(C)c1. The van der Waals surface area contributed by atoms with Gasteiger partial charge >= 0.3 is 0 Å². The molecule has 1 fully saturated rings. The van der Waals surface area contributed by atoms with Gasteiger partial charge in [-0.15, -0.1) is 0 Å². The molecule has 1 amide bonds. The first-order valence-corrected chi connectivity index (χ1v) is 7.05. The number of amides is 1. The summed E-state index contributed by atoms with van der Waals surface area (Å²) in [6, 6.07) is 4.62. The van der Waals surface area contributed by atoms with Gasteiger partial charge < -0.3 is 10.2 Å². The molecule has 0 bridgehead atoms. The predicted octanol–water partition coefficient (Wildman–Crippen LogP) is 2.72. The topological polar surface area (TPSA) is 32.3 Å². The van der Waals surface area contributed by atoms with Gasteiger partial charge in [-0.1, -0.05) is 31.5 Å². The summed E-state index contributed by atoms with van der Waals surface area (Å²) in [7, 11) is 0. The van der Waals surface area contributed by atoms with Crippen molar-refractivity contribution in [2.75, 3.05) is 11.4 Å². The van der Waals surface area contributed by atoms with E-state index >= 15 is 0 Å². The first-order valence-electron chi connectivity index (χ1n) is 7.05. The molecule has 0 aromatic heterocycles. The first-order chi connectivity index (χ1) is 8.90. The minimum Gasteiger partial charge on any atom is -0.310 e. The molecule has 3 nitrogen and oxygen atoms in total. The Morgan fingerprint density at radius 1 is 1.21 bits per heavy atom. The molecule has 1 aliphatic heterocycles. The normalized spacial score (nSPS) is 19.6. The molecule has 0 aliphatic carbocycles. The molecular weight excluding hydrogens is 236 g/mol. The predicted molar refractivity (Wildman–Crippen MR) is 79.7 cm³/mol. The van der Waals surface area contributed by atoms with Crippen molar-refractivity contribution < 1.29 is 4.79 Å². The van der Waals surface area contributed by atoms with Crippen LogP contribution in [0.5, 0.6) is 0 Å². The molecule has 2 rings (SSSR count). The van der Waals surface area contributed by atoms with E-state index in [2.05, 4.69) is 52.1 Å². The largest absolute Gasteiger partial charge is 0.310 e. The number of nitrogens with zero attached hydrogens (tertiary/aromatic N) is 1. The molecule has 104 valence electrons. The standard InChI is InChI=1S/C16H24N2O/c1-10(2)17-14-6-7-18(16(14)19)15-12(4)8-11(3)9-13(15)5/h8-10,14,17H,6-7H2,1-5H3. The average molecular weight is 260 g/mol. The zero-order valence-electron chi connectivity index (χ0n) is 12.6. The lowest BCUT2D eigenvalue weighted by molar-refractivity contribution is -0.119. The van der Waals surface area contributed by atoms with Gasteiger partial charge in [0.1, 0.15) is 0 Å². The summed E-state index contributed by atoms with van der Waals surface area (Å²) >= 11 is 0. The molecule has 0 radical (unpaired) electrons. The van der Waals surface area contributed by atoms with E-state index in [1.54, 1.807) is 0 Å². The number of carbonyl (C=O) groups is 1. The molecule has 1 aromatic carbocycles. The van der Waals surface area contributed by atoms with Gasteiger partial charge in [-0.25, -0.2) is 0 Å². The highest BCUT2D eigenvalue weighted by molar-refractivity contribution is 6.00. The molecule has 0 saturated carbocycles. The van der Waals surface area contributed by atoms with Crippen LogP contribution in [0.1, 0.15) is 37.0 Å². The minimum atomic E-state index is -0.0277. The third-order valence-electron chi connectivity index (χ3n) is 3.65. The van der Waals surface area contributed by atoms with Crippen LogP contribution in [0.2, 0.25) is 0 Å². The van der Waals surface area contributed by atoms with Crippen LogP contribution in [0.15, 0.2) is 12.1 Å². The molecule has 3 heteroatoms. The molecule has 19 heavy (non-hydrogen) atoms. The number of anilines is 1. The quantitative estimate of drug-likeness (QED) is 0.906. The third-order valence-corrected chi connectivity index (χ3v) is 3.65. The lowest BCUT2D eigenvalue weighted by atomic mass is 10.0. The summed E-state index contributed by atoms with van der Waals surface area (Å²) < 4.78 is 0. The fraction of sp³-hybridized carbons (Fsp3) is 0.562. The van der Waals surface area contributed by atoms with Crippen LogP contribution < -0.4 is 10.2 Å². The Kier molecular flexibility index (Phi) is 3.95. The number of rotatable bonds is 3. The molecule has 1 N–H and O–H groups in total. The first kappa shape index (κ1) is 14.1. The fourth-order valence-electron chi connectivity index (χ4n) is 3.06. The molecule has 1 saturated heterocycles. The van der Waals surface area contributed by atoms with Crippen LogP contribution >= 0.6 is 0 Å². The van der Waals surface area contributed by atoms with E-state index < -0.39 is 0 Å². The van der Waals surface area contributed by atoms with E-state index in [-0.39, 0.29) is 11.9 Å². The van der Waals surface area contributed by atoms with E-state index in [0.29, 0.717) is 6.04 Å². The van der Waals surface area contributed by atoms with Crippen molar-refractivity contribution in [2.45, 2.75) is 53.1 Å². The van der Waals surface area contributed by atoms with Gasteiger partial charge in [0, 0.05) is 18.3 Å². The Morgan fingerprint density at radius 3 is 2.32 bits per heavy atom. The van der Waals surface area contributed by atoms with Crippen LogP contribution in [0.25, 0.3) is 0 Å². The lowest BCUT2D eigenvalue weighted by Gasteiger charge is -2.23. The number of hydrogen-bond acceptors (Lipinski definition) is 2. The van der Waals surface area contributed by atoms with Crippen molar-refractivity contribution in [3.05, 3.63) is 28.8 Å². The summed E-state index contributed by atoms with van der Waals surface area (Å²) in [5, 5.41) is 3.35. The second-order valence-electron chi connectivity index (χ2n) is 5.90. The number of hydrogen-bond donors (Lipinski definition) is 1. The summed E-state index contributed by atoms with van der Waals surface area (Å²) in [6.07, 6.45) is 0.893. The summed E-state index contributed by atoms with van der Waals surface area (Å²) in [5.74, 6) is 0.212. The number of nitrogens with one attached hydrogen (secondary N) is 1. The number of carbonyl (C=O) groups excluding carboxylic acids is 1. The van der Waals surface area contributed by atoms with Gasteiger partial charge in [-0.05, 0) is 38.3 Å². The summed E-state index contributed by atoms with van der Waals surface area (Å²) in [4.78, 5) is 14.4. The van der Waals surface area contributed by atoms with Crippen LogP contribution in [0.4, 0.5) is 5.69 Å². The summed E-state index contributed by atoms with van der Waals surface area (Å²) in [5.41, 5.74) is 4.73. The second kappa shape index (κ2) is 5.33. The second-order valence-corrected chi connectivity index (χ2v) is 5.90. The maximum Gasteiger partial charge on any atom is 0.244 e. The summed E-state index contributed by atoms with van der Waals surface area (Å²) in [6.45, 7) is 11.3. The van der Waals surface area contributed by atoms with Gasteiger partial charge in [0.25, 0.3) is 0 Å². The van der Waals surface area contributed by atoms with E-state index in [0.717, 1.165) is 18.7 Å². The zero-order chi connectivity index (χ0) is 14.2. The van der Waals surface area contributed by atoms with Crippen molar-refractivity contribution in [3.63, 3.8) is 0 Å². The van der Waals surface area contributed by atoms with Crippen LogP contribution in [-0.2, 0) is 4.79 Å². The Balaban J connectivity index is 2.27. The third kappa shape index (κ3) is 2.81. The highest BCUT2D eigenvalue weighted by Crippen LogP contribution is 2.30. The molecule has 1 unspecified atom stereocenters. The van der Waals surface area contributed by atoms with Crippen molar-refractivity contribution in [2.24, 2.45) is 0 Å². The highest BCUT2D eigenvalue weighted by Gasteiger charge is 2.33. The van der Waals surface area contributed by atoms with Gasteiger partial charge in [-0.2, -0.15) is 0 Å².